The zero-order chi connectivity index (χ0) is 28.7. The topological polar surface area (TPSA) is 106 Å². The van der Waals surface area contributed by atoms with Crippen LogP contribution in [-0.2, 0) is 23.9 Å². The van der Waals surface area contributed by atoms with Crippen LogP contribution in [0.2, 0.25) is 0 Å². The average molecular weight is 555 g/mol. The Morgan fingerprint density at radius 2 is 1.90 bits per heavy atom. The molecule has 1 spiro atoms. The van der Waals surface area contributed by atoms with Gasteiger partial charge < -0.3 is 29.1 Å². The van der Waals surface area contributed by atoms with E-state index in [1.54, 1.807) is 41.2 Å². The minimum absolute atomic E-state index is 0.124. The monoisotopic (exact) mass is 554 g/mol. The van der Waals surface area contributed by atoms with Gasteiger partial charge in [-0.15, -0.1) is 13.2 Å². The van der Waals surface area contributed by atoms with E-state index in [1.807, 2.05) is 12.1 Å². The standard InChI is InChI=1S/C31H42N2O7/c1-4-6-11-21-39-30(37)25-24-16-17-31(40-24)26(25)28(35)33(19-9-7-8-10-20-34)27(31)29(36)32(18-5-2)22-12-14-23(38-3)15-13-22/h4-5,12-15,24-27,34H,1-2,6-11,16-21H2,3H3/t24-,25+,26-,27?,31?/m0/s1. The summed E-state index contributed by atoms with van der Waals surface area (Å²) in [6.07, 6.45) is 8.52. The molecule has 3 fully saturated rings. The molecule has 0 aliphatic carbocycles. The number of aliphatic hydroxyl groups is 1. The van der Waals surface area contributed by atoms with Gasteiger partial charge >= 0.3 is 5.97 Å². The molecule has 0 saturated carbocycles. The molecule has 3 heterocycles. The Balaban J connectivity index is 1.64. The summed E-state index contributed by atoms with van der Waals surface area (Å²) < 4.78 is 17.4. The Hall–Kier alpha value is -3.17. The van der Waals surface area contributed by atoms with Crippen LogP contribution >= 0.6 is 0 Å². The summed E-state index contributed by atoms with van der Waals surface area (Å²) in [4.78, 5) is 45.1. The van der Waals surface area contributed by atoms with Crippen molar-refractivity contribution in [2.75, 3.05) is 38.3 Å². The van der Waals surface area contributed by atoms with E-state index in [0.29, 0.717) is 50.1 Å². The zero-order valence-corrected chi connectivity index (χ0v) is 23.5. The van der Waals surface area contributed by atoms with Crippen LogP contribution in [0.25, 0.3) is 0 Å². The number of rotatable bonds is 16. The van der Waals surface area contributed by atoms with Crippen molar-refractivity contribution in [1.29, 1.82) is 0 Å². The van der Waals surface area contributed by atoms with Crippen molar-refractivity contribution in [2.24, 2.45) is 11.8 Å². The molecule has 0 radical (unpaired) electrons. The number of unbranched alkanes of at least 4 members (excludes halogenated alkanes) is 4. The van der Waals surface area contributed by atoms with Gasteiger partial charge in [0.05, 0.1) is 31.7 Å². The van der Waals surface area contributed by atoms with Gasteiger partial charge in [0.1, 0.15) is 17.4 Å². The second kappa shape index (κ2) is 13.5. The van der Waals surface area contributed by atoms with Gasteiger partial charge in [-0.3, -0.25) is 14.4 Å². The SMILES string of the molecule is C=CCCCOC(=O)[C@@H]1[C@@H]2CCC3(O2)C(C(=O)N(CC=C)c2ccc(OC)cc2)N(CCCCCCO)C(=O)[C@H]13. The van der Waals surface area contributed by atoms with Crippen molar-refractivity contribution in [3.63, 3.8) is 0 Å². The van der Waals surface area contributed by atoms with Gasteiger partial charge in [-0.25, -0.2) is 0 Å². The molecule has 218 valence electrons. The molecule has 0 aromatic heterocycles. The number of benzene rings is 1. The van der Waals surface area contributed by atoms with Crippen molar-refractivity contribution < 1.29 is 33.7 Å². The Morgan fingerprint density at radius 3 is 2.58 bits per heavy atom. The predicted molar refractivity (Wildman–Crippen MR) is 151 cm³/mol. The molecule has 2 amide bonds. The highest BCUT2D eigenvalue weighted by Crippen LogP contribution is 2.59. The molecule has 4 rings (SSSR count). The van der Waals surface area contributed by atoms with E-state index in [9.17, 15) is 14.4 Å². The molecule has 1 aromatic rings. The van der Waals surface area contributed by atoms with E-state index in [1.165, 1.54) is 0 Å². The van der Waals surface area contributed by atoms with Gasteiger partial charge in [-0.1, -0.05) is 25.0 Å². The van der Waals surface area contributed by atoms with Crippen LogP contribution in [0.1, 0.15) is 51.4 Å². The first kappa shape index (κ1) is 29.8. The van der Waals surface area contributed by atoms with Crippen molar-refractivity contribution in [2.45, 2.75) is 69.1 Å². The predicted octanol–water partition coefficient (Wildman–Crippen LogP) is 3.65. The number of carbonyl (C=O) groups is 3. The lowest BCUT2D eigenvalue weighted by Gasteiger charge is -2.36. The molecule has 40 heavy (non-hydrogen) atoms. The minimum atomic E-state index is -1.08. The maximum atomic E-state index is 14.4. The number of amides is 2. The summed E-state index contributed by atoms with van der Waals surface area (Å²) >= 11 is 0. The smallest absolute Gasteiger partial charge is 0.312 e. The number of hydrogen-bond acceptors (Lipinski definition) is 7. The fraction of sp³-hybridized carbons (Fsp3) is 0.581. The number of fused-ring (bicyclic) bond motifs is 1. The van der Waals surface area contributed by atoms with E-state index in [2.05, 4.69) is 13.2 Å². The number of methoxy groups -OCH3 is 1. The molecule has 2 unspecified atom stereocenters. The summed E-state index contributed by atoms with van der Waals surface area (Å²) in [7, 11) is 1.58. The normalized spacial score (nSPS) is 26.4. The third kappa shape index (κ3) is 5.67. The van der Waals surface area contributed by atoms with Gasteiger partial charge in [-0.2, -0.15) is 0 Å². The fourth-order valence-electron chi connectivity index (χ4n) is 6.55. The molecule has 9 heteroatoms. The number of carbonyl (C=O) groups excluding carboxylic acids is 3. The van der Waals surface area contributed by atoms with E-state index < -0.39 is 35.6 Å². The third-order valence-electron chi connectivity index (χ3n) is 8.37. The summed E-state index contributed by atoms with van der Waals surface area (Å²) in [5, 5.41) is 9.14. The van der Waals surface area contributed by atoms with E-state index in [0.717, 1.165) is 19.3 Å². The Kier molecular flexibility index (Phi) is 10.0. The number of aliphatic hydroxyl groups excluding tert-OH is 1. The van der Waals surface area contributed by atoms with Crippen molar-refractivity contribution >= 4 is 23.5 Å². The zero-order valence-electron chi connectivity index (χ0n) is 23.5. The Bertz CT molecular complexity index is 1070. The van der Waals surface area contributed by atoms with Crippen LogP contribution < -0.4 is 9.64 Å². The van der Waals surface area contributed by atoms with Crippen LogP contribution in [0.5, 0.6) is 5.75 Å². The first-order chi connectivity index (χ1) is 19.4. The molecule has 3 aliphatic rings. The summed E-state index contributed by atoms with van der Waals surface area (Å²) in [6.45, 7) is 8.55. The lowest BCUT2D eigenvalue weighted by atomic mass is 9.70. The molecular weight excluding hydrogens is 512 g/mol. The van der Waals surface area contributed by atoms with Gasteiger partial charge in [0.25, 0.3) is 5.91 Å². The first-order valence-electron chi connectivity index (χ1n) is 14.4. The number of anilines is 1. The highest BCUT2D eigenvalue weighted by Gasteiger charge is 2.75. The number of ether oxygens (including phenoxy) is 3. The quantitative estimate of drug-likeness (QED) is 0.189. The fourth-order valence-corrected chi connectivity index (χ4v) is 6.55. The molecule has 9 nitrogen and oxygen atoms in total. The van der Waals surface area contributed by atoms with Crippen LogP contribution in [0.3, 0.4) is 0 Å². The number of hydrogen-bond donors (Lipinski definition) is 1. The third-order valence-corrected chi connectivity index (χ3v) is 8.37. The van der Waals surface area contributed by atoms with E-state index in [4.69, 9.17) is 19.3 Å². The van der Waals surface area contributed by atoms with Gasteiger partial charge in [-0.05, 0) is 62.8 Å². The molecular formula is C31H42N2O7. The molecule has 5 atom stereocenters. The van der Waals surface area contributed by atoms with Gasteiger partial charge in [0, 0.05) is 25.4 Å². The largest absolute Gasteiger partial charge is 0.497 e. The van der Waals surface area contributed by atoms with Crippen LogP contribution in [0.15, 0.2) is 49.6 Å². The number of nitrogens with zero attached hydrogens (tertiary/aromatic N) is 2. The second-order valence-electron chi connectivity index (χ2n) is 10.8. The second-order valence-corrected chi connectivity index (χ2v) is 10.8. The van der Waals surface area contributed by atoms with Gasteiger partial charge in [0.2, 0.25) is 5.91 Å². The molecule has 2 bridgehead atoms. The Morgan fingerprint density at radius 1 is 1.15 bits per heavy atom. The van der Waals surface area contributed by atoms with Crippen molar-refractivity contribution in [3.05, 3.63) is 49.6 Å². The number of likely N-dealkylation sites (tertiary alicyclic amines) is 1. The summed E-state index contributed by atoms with van der Waals surface area (Å²) in [5.74, 6) is -1.72. The Labute approximate surface area is 236 Å². The highest BCUT2D eigenvalue weighted by molar-refractivity contribution is 6.04. The van der Waals surface area contributed by atoms with E-state index in [-0.39, 0.29) is 31.6 Å². The highest BCUT2D eigenvalue weighted by atomic mass is 16.6. The summed E-state index contributed by atoms with van der Waals surface area (Å²) in [6, 6.07) is 6.32. The lowest BCUT2D eigenvalue weighted by Crippen LogP contribution is -2.56. The van der Waals surface area contributed by atoms with Crippen LogP contribution in [-0.4, -0.2) is 79.0 Å². The molecule has 3 aliphatic heterocycles. The minimum Gasteiger partial charge on any atom is -0.497 e. The van der Waals surface area contributed by atoms with E-state index >= 15 is 0 Å². The lowest BCUT2D eigenvalue weighted by molar-refractivity contribution is -0.155. The first-order valence-corrected chi connectivity index (χ1v) is 14.4. The summed E-state index contributed by atoms with van der Waals surface area (Å²) in [5.41, 5.74) is -0.424. The van der Waals surface area contributed by atoms with Crippen LogP contribution in [0.4, 0.5) is 5.69 Å². The molecule has 1 aromatic carbocycles. The van der Waals surface area contributed by atoms with Crippen molar-refractivity contribution in [1.82, 2.24) is 4.90 Å². The van der Waals surface area contributed by atoms with Gasteiger partial charge in [0.15, 0.2) is 0 Å². The average Bonchev–Trinajstić information content (AvgIpc) is 3.61. The maximum absolute atomic E-state index is 14.4. The van der Waals surface area contributed by atoms with Crippen molar-refractivity contribution in [3.8, 4) is 5.75 Å². The van der Waals surface area contributed by atoms with Crippen LogP contribution in [0, 0.1) is 11.8 Å². The number of allylic oxidation sites excluding steroid dienone is 1. The maximum Gasteiger partial charge on any atom is 0.312 e. The molecule has 1 N–H and O–H groups in total. The molecule has 3 saturated heterocycles. The number of esters is 1.